The van der Waals surface area contributed by atoms with Gasteiger partial charge in [0.05, 0.1) is 11.8 Å². The van der Waals surface area contributed by atoms with Gasteiger partial charge in [-0.15, -0.1) is 0 Å². The quantitative estimate of drug-likeness (QED) is 0.915. The summed E-state index contributed by atoms with van der Waals surface area (Å²) in [6.45, 7) is 3.71. The van der Waals surface area contributed by atoms with E-state index in [-0.39, 0.29) is 12.2 Å². The molecule has 0 fully saturated rings. The number of hydrogen-bond donors (Lipinski definition) is 1. The van der Waals surface area contributed by atoms with Gasteiger partial charge in [0.15, 0.2) is 5.82 Å². The van der Waals surface area contributed by atoms with Crippen LogP contribution in [0.25, 0.3) is 12.4 Å². The number of hydrogen-bond acceptors (Lipinski definition) is 4. The highest BCUT2D eigenvalue weighted by Gasteiger charge is 2.17. The summed E-state index contributed by atoms with van der Waals surface area (Å²) < 4.78 is 13.7. The number of halogens is 2. The Morgan fingerprint density at radius 2 is 2.14 bits per heavy atom. The maximum Gasteiger partial charge on any atom is 0.228 e. The number of aliphatic imine (C=N–C) groups is 1. The first-order valence-electron chi connectivity index (χ1n) is 6.22. The first-order chi connectivity index (χ1) is 10.1. The highest BCUT2D eigenvalue weighted by atomic mass is 35.5. The largest absolute Gasteiger partial charge is 0.364 e. The van der Waals surface area contributed by atoms with Crippen LogP contribution in [-0.4, -0.2) is 10.9 Å². The highest BCUT2D eigenvalue weighted by molar-refractivity contribution is 6.31. The summed E-state index contributed by atoms with van der Waals surface area (Å²) >= 11 is 5.98. The van der Waals surface area contributed by atoms with Gasteiger partial charge in [0.25, 0.3) is 0 Å². The van der Waals surface area contributed by atoms with Crippen LogP contribution in [0.2, 0.25) is 5.02 Å². The molecule has 1 aromatic carbocycles. The molecule has 0 atom stereocenters. The number of pyridine rings is 1. The van der Waals surface area contributed by atoms with E-state index in [4.69, 9.17) is 16.4 Å². The number of nitrogens with one attached hydrogen (secondary N) is 1. The monoisotopic (exact) mass is 303 g/mol. The van der Waals surface area contributed by atoms with Crippen molar-refractivity contribution < 1.29 is 9.23 Å². The molecule has 4 nitrogen and oxygen atoms in total. The van der Waals surface area contributed by atoms with E-state index in [1.165, 1.54) is 6.07 Å². The lowest BCUT2D eigenvalue weighted by Crippen LogP contribution is -2.18. The molecule has 3 rings (SSSR count). The van der Waals surface area contributed by atoms with E-state index < -0.39 is 0 Å². The first-order valence-corrected chi connectivity index (χ1v) is 6.60. The normalized spacial score (nSPS) is 16.2. The molecule has 0 amide bonds. The second kappa shape index (κ2) is 5.54. The number of aromatic nitrogens is 1. The van der Waals surface area contributed by atoms with Crippen LogP contribution < -0.4 is 16.0 Å². The van der Waals surface area contributed by atoms with Gasteiger partial charge in [-0.2, -0.15) is 4.99 Å². The van der Waals surface area contributed by atoms with E-state index in [9.17, 15) is 4.39 Å². The summed E-state index contributed by atoms with van der Waals surface area (Å²) in [6, 6.07) is 8.13. The molecule has 0 bridgehead atoms. The summed E-state index contributed by atoms with van der Waals surface area (Å²) in [4.78, 5) is 13.6. The average Bonchev–Trinajstić information content (AvgIpc) is 2.92. The van der Waals surface area contributed by atoms with E-state index in [2.05, 4.69) is 22.0 Å². The Kier molecular flexibility index (Phi) is 3.58. The van der Waals surface area contributed by atoms with Gasteiger partial charge in [0, 0.05) is 22.0 Å². The molecule has 1 N–H and O–H groups in total. The predicted octanol–water partition coefficient (Wildman–Crippen LogP) is 1.53. The fourth-order valence-corrected chi connectivity index (χ4v) is 2.12. The van der Waals surface area contributed by atoms with E-state index in [0.717, 1.165) is 5.22 Å². The molecule has 0 aliphatic carbocycles. The molecule has 0 unspecified atom stereocenters. The van der Waals surface area contributed by atoms with Crippen molar-refractivity contribution in [1.29, 1.82) is 0 Å². The topological polar surface area (TPSA) is 46.5 Å². The van der Waals surface area contributed by atoms with Crippen LogP contribution in [0.1, 0.15) is 5.56 Å². The van der Waals surface area contributed by atoms with Gasteiger partial charge < -0.3 is 4.84 Å². The van der Waals surface area contributed by atoms with E-state index >= 15 is 0 Å². The van der Waals surface area contributed by atoms with Crippen molar-refractivity contribution in [3.8, 4) is 0 Å². The minimum atomic E-state index is -0.384. The van der Waals surface area contributed by atoms with Crippen LogP contribution in [0.3, 0.4) is 0 Å². The Morgan fingerprint density at radius 1 is 1.29 bits per heavy atom. The van der Waals surface area contributed by atoms with Crippen molar-refractivity contribution in [3.05, 3.63) is 63.5 Å². The lowest BCUT2D eigenvalue weighted by molar-refractivity contribution is 0.248. The van der Waals surface area contributed by atoms with Gasteiger partial charge in [-0.25, -0.2) is 9.87 Å². The van der Waals surface area contributed by atoms with E-state index in [0.29, 0.717) is 27.7 Å². The lowest BCUT2D eigenvalue weighted by atomic mass is 10.1. The van der Waals surface area contributed by atoms with Crippen LogP contribution in [0.15, 0.2) is 41.5 Å². The lowest BCUT2D eigenvalue weighted by Gasteiger charge is -2.04. The smallest absolute Gasteiger partial charge is 0.228 e. The van der Waals surface area contributed by atoms with Gasteiger partial charge in [0.2, 0.25) is 5.90 Å². The Balaban J connectivity index is 1.92. The Bertz CT molecular complexity index is 792. The Hall–Kier alpha value is -2.40. The van der Waals surface area contributed by atoms with Crippen molar-refractivity contribution in [2.75, 3.05) is 0 Å². The molecule has 0 saturated heterocycles. The van der Waals surface area contributed by atoms with Crippen LogP contribution in [-0.2, 0) is 11.3 Å². The molecule has 6 heteroatoms. The summed E-state index contributed by atoms with van der Waals surface area (Å²) in [5.41, 5.74) is 3.04. The summed E-state index contributed by atoms with van der Waals surface area (Å²) in [5.74, 6) is 0.478. The molecular weight excluding hydrogens is 293 g/mol. The molecule has 1 aliphatic rings. The zero-order valence-electron chi connectivity index (χ0n) is 10.9. The minimum Gasteiger partial charge on any atom is -0.364 e. The van der Waals surface area contributed by atoms with Crippen LogP contribution in [0, 0.1) is 5.82 Å². The standard InChI is InChI=1S/C15H11ClFN3O/c1-9-5-6-10(8-18-9)15-19-14(21-20-15)7-11-12(16)3-2-4-13(11)17/h2-6,8,20H,1,7H2. The zero-order valence-corrected chi connectivity index (χ0v) is 11.7. The maximum atomic E-state index is 13.7. The van der Waals surface area contributed by atoms with E-state index in [1.807, 2.05) is 6.07 Å². The highest BCUT2D eigenvalue weighted by Crippen LogP contribution is 2.21. The molecule has 1 aromatic heterocycles. The SMILES string of the molecule is C=c1ccc(=C2N=C(Cc3c(F)cccc3Cl)ON2)cn1. The molecular formula is C15H11ClFN3O. The third-order valence-electron chi connectivity index (χ3n) is 2.99. The molecule has 0 spiro atoms. The molecule has 0 saturated carbocycles. The Labute approximate surface area is 125 Å². The van der Waals surface area contributed by atoms with Gasteiger partial charge in [-0.05, 0) is 24.3 Å². The predicted molar refractivity (Wildman–Crippen MR) is 79.2 cm³/mol. The van der Waals surface area contributed by atoms with Gasteiger partial charge in [-0.3, -0.25) is 4.98 Å². The summed E-state index contributed by atoms with van der Waals surface area (Å²) in [5, 5.41) is 1.77. The molecule has 106 valence electrons. The zero-order chi connectivity index (χ0) is 14.8. The second-order valence-corrected chi connectivity index (χ2v) is 4.88. The van der Waals surface area contributed by atoms with E-state index in [1.54, 1.807) is 24.4 Å². The molecule has 21 heavy (non-hydrogen) atoms. The van der Waals surface area contributed by atoms with Crippen LogP contribution >= 0.6 is 11.6 Å². The van der Waals surface area contributed by atoms with Crippen molar-refractivity contribution in [1.82, 2.24) is 10.5 Å². The molecule has 2 aromatic rings. The summed E-state index contributed by atoms with van der Waals surface area (Å²) in [6.07, 6.45) is 1.80. The van der Waals surface area contributed by atoms with Gasteiger partial charge >= 0.3 is 0 Å². The first kappa shape index (κ1) is 13.6. The minimum absolute atomic E-state index is 0.169. The van der Waals surface area contributed by atoms with Gasteiger partial charge in [-0.1, -0.05) is 24.2 Å². The third kappa shape index (κ3) is 2.87. The van der Waals surface area contributed by atoms with Gasteiger partial charge in [0.1, 0.15) is 5.82 Å². The molecule has 2 heterocycles. The van der Waals surface area contributed by atoms with Crippen LogP contribution in [0.5, 0.6) is 0 Å². The van der Waals surface area contributed by atoms with Crippen molar-refractivity contribution >= 4 is 29.9 Å². The molecule has 1 aliphatic heterocycles. The molecule has 0 radical (unpaired) electrons. The number of nitrogens with zero attached hydrogens (tertiary/aromatic N) is 2. The van der Waals surface area contributed by atoms with Crippen LogP contribution in [0.4, 0.5) is 4.39 Å². The second-order valence-electron chi connectivity index (χ2n) is 4.47. The maximum absolute atomic E-state index is 13.7. The Morgan fingerprint density at radius 3 is 2.86 bits per heavy atom. The summed E-state index contributed by atoms with van der Waals surface area (Å²) in [7, 11) is 0. The average molecular weight is 304 g/mol. The number of rotatable bonds is 2. The number of benzene rings is 1. The van der Waals surface area contributed by atoms with Crippen molar-refractivity contribution in [2.45, 2.75) is 6.42 Å². The number of hydroxylamine groups is 1. The van der Waals surface area contributed by atoms with Crippen molar-refractivity contribution in [3.63, 3.8) is 0 Å². The third-order valence-corrected chi connectivity index (χ3v) is 3.34. The fourth-order valence-electron chi connectivity index (χ4n) is 1.89. The van der Waals surface area contributed by atoms with Crippen molar-refractivity contribution in [2.24, 2.45) is 4.99 Å². The fraction of sp³-hybridized carbons (Fsp3) is 0.0667.